The van der Waals surface area contributed by atoms with Crippen molar-refractivity contribution in [3.8, 4) is 0 Å². The minimum atomic E-state index is -0.557. The minimum Gasteiger partial charge on any atom is -0.444 e. The molecule has 1 amide bonds. The Morgan fingerprint density at radius 1 is 1.44 bits per heavy atom. The zero-order valence-electron chi connectivity index (χ0n) is 11.5. The molecule has 18 heavy (non-hydrogen) atoms. The van der Waals surface area contributed by atoms with Gasteiger partial charge in [-0.2, -0.15) is 0 Å². The first-order chi connectivity index (χ1) is 8.33. The van der Waals surface area contributed by atoms with Crippen molar-refractivity contribution in [3.63, 3.8) is 0 Å². The van der Waals surface area contributed by atoms with Gasteiger partial charge in [0.05, 0.1) is 19.7 Å². The molecule has 1 atom stereocenters. The number of Topliss-reactive ketones (excluding diaryl/α,β-unsaturated/α-hetero) is 1. The van der Waals surface area contributed by atoms with E-state index in [0.717, 1.165) is 0 Å². The molecular formula is C12H22N2O4. The lowest BCUT2D eigenvalue weighted by Gasteiger charge is -2.33. The molecule has 1 saturated heterocycles. The van der Waals surface area contributed by atoms with Crippen LogP contribution in [0, 0.1) is 0 Å². The summed E-state index contributed by atoms with van der Waals surface area (Å²) in [5.74, 6) is -0.0502. The van der Waals surface area contributed by atoms with Crippen molar-refractivity contribution in [2.75, 3.05) is 33.3 Å². The van der Waals surface area contributed by atoms with Crippen molar-refractivity contribution in [1.29, 1.82) is 0 Å². The SMILES string of the molecule is CNCC(=O)C1CN(C(=O)OC(C)(C)C)CCO1. The molecule has 6 nitrogen and oxygen atoms in total. The number of likely N-dealkylation sites (N-methyl/N-ethyl adjacent to an activating group) is 1. The Kier molecular flexibility index (Phi) is 5.10. The first-order valence-corrected chi connectivity index (χ1v) is 6.10. The topological polar surface area (TPSA) is 67.9 Å². The number of ketones is 1. The number of amides is 1. The van der Waals surface area contributed by atoms with Crippen LogP contribution in [0.3, 0.4) is 0 Å². The molecule has 104 valence electrons. The van der Waals surface area contributed by atoms with Crippen molar-refractivity contribution in [2.45, 2.75) is 32.5 Å². The molecule has 0 radical (unpaired) electrons. The summed E-state index contributed by atoms with van der Waals surface area (Å²) in [6, 6.07) is 0. The third-order valence-corrected chi connectivity index (χ3v) is 2.43. The van der Waals surface area contributed by atoms with E-state index in [1.807, 2.05) is 20.8 Å². The van der Waals surface area contributed by atoms with Gasteiger partial charge in [0.2, 0.25) is 0 Å². The van der Waals surface area contributed by atoms with Gasteiger partial charge in [-0.25, -0.2) is 4.79 Å². The summed E-state index contributed by atoms with van der Waals surface area (Å²) in [4.78, 5) is 25.1. The molecule has 1 N–H and O–H groups in total. The second-order valence-electron chi connectivity index (χ2n) is 5.28. The van der Waals surface area contributed by atoms with Gasteiger partial charge in [0.25, 0.3) is 0 Å². The lowest BCUT2D eigenvalue weighted by molar-refractivity contribution is -0.134. The first kappa shape index (κ1) is 14.9. The number of morpholine rings is 1. The molecule has 6 heteroatoms. The quantitative estimate of drug-likeness (QED) is 0.794. The number of nitrogens with one attached hydrogen (secondary N) is 1. The van der Waals surface area contributed by atoms with E-state index in [1.54, 1.807) is 7.05 Å². The number of ether oxygens (including phenoxy) is 2. The van der Waals surface area contributed by atoms with E-state index in [9.17, 15) is 9.59 Å². The molecule has 1 rings (SSSR count). The maximum Gasteiger partial charge on any atom is 0.410 e. The normalized spacial score (nSPS) is 20.7. The van der Waals surface area contributed by atoms with Crippen LogP contribution in [-0.2, 0) is 14.3 Å². The van der Waals surface area contributed by atoms with Gasteiger partial charge in [0.15, 0.2) is 5.78 Å². The molecular weight excluding hydrogens is 236 g/mol. The van der Waals surface area contributed by atoms with Gasteiger partial charge in [0, 0.05) is 6.54 Å². The molecule has 0 bridgehead atoms. The molecule has 1 aliphatic heterocycles. The Labute approximate surface area is 108 Å². The summed E-state index contributed by atoms with van der Waals surface area (Å²) in [7, 11) is 1.70. The Hall–Kier alpha value is -1.14. The highest BCUT2D eigenvalue weighted by Crippen LogP contribution is 2.13. The molecule has 0 saturated carbocycles. The molecule has 1 aliphatic rings. The number of nitrogens with zero attached hydrogens (tertiary/aromatic N) is 1. The van der Waals surface area contributed by atoms with Crippen molar-refractivity contribution < 1.29 is 19.1 Å². The van der Waals surface area contributed by atoms with Crippen LogP contribution in [0.5, 0.6) is 0 Å². The van der Waals surface area contributed by atoms with E-state index >= 15 is 0 Å². The molecule has 0 spiro atoms. The smallest absolute Gasteiger partial charge is 0.410 e. The van der Waals surface area contributed by atoms with E-state index in [-0.39, 0.29) is 18.9 Å². The molecule has 1 unspecified atom stereocenters. The van der Waals surface area contributed by atoms with Crippen LogP contribution in [0.2, 0.25) is 0 Å². The number of carbonyl (C=O) groups excluding carboxylic acids is 2. The lowest BCUT2D eigenvalue weighted by Crippen LogP contribution is -2.51. The largest absolute Gasteiger partial charge is 0.444 e. The van der Waals surface area contributed by atoms with Gasteiger partial charge in [-0.15, -0.1) is 0 Å². The number of hydrogen-bond acceptors (Lipinski definition) is 5. The van der Waals surface area contributed by atoms with Crippen molar-refractivity contribution in [1.82, 2.24) is 10.2 Å². The molecule has 0 aliphatic carbocycles. The maximum absolute atomic E-state index is 11.9. The zero-order chi connectivity index (χ0) is 13.8. The second kappa shape index (κ2) is 6.15. The van der Waals surface area contributed by atoms with Crippen LogP contribution >= 0.6 is 0 Å². The number of rotatable bonds is 3. The Morgan fingerprint density at radius 2 is 2.11 bits per heavy atom. The van der Waals surface area contributed by atoms with Crippen LogP contribution in [0.25, 0.3) is 0 Å². The first-order valence-electron chi connectivity index (χ1n) is 6.10. The van der Waals surface area contributed by atoms with Crippen molar-refractivity contribution in [3.05, 3.63) is 0 Å². The molecule has 0 aromatic heterocycles. The number of carbonyl (C=O) groups is 2. The Morgan fingerprint density at radius 3 is 2.67 bits per heavy atom. The summed E-state index contributed by atoms with van der Waals surface area (Å²) in [5, 5.41) is 2.78. The maximum atomic E-state index is 11.9. The molecule has 1 fully saturated rings. The molecule has 0 aromatic rings. The minimum absolute atomic E-state index is 0.0502. The van der Waals surface area contributed by atoms with Crippen molar-refractivity contribution in [2.24, 2.45) is 0 Å². The fourth-order valence-corrected chi connectivity index (χ4v) is 1.62. The zero-order valence-corrected chi connectivity index (χ0v) is 11.5. The van der Waals surface area contributed by atoms with Gasteiger partial charge in [0.1, 0.15) is 11.7 Å². The van der Waals surface area contributed by atoms with Crippen LogP contribution in [0.1, 0.15) is 20.8 Å². The lowest BCUT2D eigenvalue weighted by atomic mass is 10.2. The average Bonchev–Trinajstić information content (AvgIpc) is 2.27. The third-order valence-electron chi connectivity index (χ3n) is 2.43. The predicted molar refractivity (Wildman–Crippen MR) is 66.5 cm³/mol. The van der Waals surface area contributed by atoms with E-state index < -0.39 is 17.8 Å². The van der Waals surface area contributed by atoms with E-state index in [4.69, 9.17) is 9.47 Å². The summed E-state index contributed by atoms with van der Waals surface area (Å²) in [6.07, 6.45) is -0.952. The summed E-state index contributed by atoms with van der Waals surface area (Å²) < 4.78 is 10.6. The van der Waals surface area contributed by atoms with E-state index in [2.05, 4.69) is 5.32 Å². The van der Waals surface area contributed by atoms with E-state index in [1.165, 1.54) is 4.90 Å². The van der Waals surface area contributed by atoms with Gasteiger partial charge >= 0.3 is 6.09 Å². The van der Waals surface area contributed by atoms with Crippen LogP contribution in [-0.4, -0.2) is 61.8 Å². The summed E-state index contributed by atoms with van der Waals surface area (Å²) in [5.41, 5.74) is -0.528. The standard InChI is InChI=1S/C12H22N2O4/c1-12(2,3)18-11(16)14-5-6-17-10(8-14)9(15)7-13-4/h10,13H,5-8H2,1-4H3. The second-order valence-corrected chi connectivity index (χ2v) is 5.28. The Bertz CT molecular complexity index is 312. The van der Waals surface area contributed by atoms with Crippen LogP contribution < -0.4 is 5.32 Å². The van der Waals surface area contributed by atoms with Gasteiger partial charge in [-0.1, -0.05) is 0 Å². The van der Waals surface area contributed by atoms with Crippen molar-refractivity contribution >= 4 is 11.9 Å². The number of hydrogen-bond donors (Lipinski definition) is 1. The fourth-order valence-electron chi connectivity index (χ4n) is 1.62. The molecule has 0 aromatic carbocycles. The summed E-state index contributed by atoms with van der Waals surface area (Å²) >= 11 is 0. The van der Waals surface area contributed by atoms with Gasteiger partial charge in [-0.05, 0) is 27.8 Å². The third kappa shape index (κ3) is 4.62. The highest BCUT2D eigenvalue weighted by molar-refractivity contribution is 5.85. The fraction of sp³-hybridized carbons (Fsp3) is 0.833. The summed E-state index contributed by atoms with van der Waals surface area (Å²) in [6.45, 7) is 6.76. The monoisotopic (exact) mass is 258 g/mol. The predicted octanol–water partition coefficient (Wildman–Crippen LogP) is 0.411. The highest BCUT2D eigenvalue weighted by Gasteiger charge is 2.31. The van der Waals surface area contributed by atoms with Gasteiger partial charge < -0.3 is 19.7 Å². The Balaban J connectivity index is 2.53. The molecule has 1 heterocycles. The van der Waals surface area contributed by atoms with E-state index in [0.29, 0.717) is 13.2 Å². The average molecular weight is 258 g/mol. The van der Waals surface area contributed by atoms with Crippen LogP contribution in [0.15, 0.2) is 0 Å². The highest BCUT2D eigenvalue weighted by atomic mass is 16.6. The van der Waals surface area contributed by atoms with Crippen LogP contribution in [0.4, 0.5) is 4.79 Å². The van der Waals surface area contributed by atoms with Gasteiger partial charge in [-0.3, -0.25) is 4.79 Å².